The molecule has 0 aromatic heterocycles. The first-order valence-electron chi connectivity index (χ1n) is 5.21. The summed E-state index contributed by atoms with van der Waals surface area (Å²) in [6.45, 7) is 2.26. The number of carbonyl (C=O) groups is 1. The predicted octanol–water partition coefficient (Wildman–Crippen LogP) is 0.939. The standard InChI is InChI=1S/C10H17NO2/c12-10(9-4-5-13-7-9)11-6-8-2-1-3-8/h8-9H,1-7H2,(H,11,12). The normalized spacial score (nSPS) is 28.5. The highest BCUT2D eigenvalue weighted by molar-refractivity contribution is 5.78. The fourth-order valence-corrected chi connectivity index (χ4v) is 1.83. The van der Waals surface area contributed by atoms with Gasteiger partial charge in [-0.05, 0) is 25.2 Å². The monoisotopic (exact) mass is 183 g/mol. The molecule has 1 atom stereocenters. The van der Waals surface area contributed by atoms with Crippen LogP contribution in [0.4, 0.5) is 0 Å². The highest BCUT2D eigenvalue weighted by atomic mass is 16.5. The lowest BCUT2D eigenvalue weighted by Crippen LogP contribution is -2.36. The number of hydrogen-bond donors (Lipinski definition) is 1. The molecule has 1 aliphatic heterocycles. The second-order valence-corrected chi connectivity index (χ2v) is 4.10. The summed E-state index contributed by atoms with van der Waals surface area (Å²) in [5.74, 6) is 1.08. The van der Waals surface area contributed by atoms with Gasteiger partial charge in [-0.3, -0.25) is 4.79 Å². The van der Waals surface area contributed by atoms with E-state index < -0.39 is 0 Å². The minimum absolute atomic E-state index is 0.125. The minimum Gasteiger partial charge on any atom is -0.381 e. The third-order valence-corrected chi connectivity index (χ3v) is 3.09. The quantitative estimate of drug-likeness (QED) is 0.707. The third kappa shape index (κ3) is 2.21. The second kappa shape index (κ2) is 4.09. The van der Waals surface area contributed by atoms with Crippen LogP contribution in [-0.4, -0.2) is 25.7 Å². The van der Waals surface area contributed by atoms with Crippen LogP contribution in [0.2, 0.25) is 0 Å². The van der Waals surface area contributed by atoms with E-state index in [1.54, 1.807) is 0 Å². The topological polar surface area (TPSA) is 38.3 Å². The van der Waals surface area contributed by atoms with Gasteiger partial charge in [0.25, 0.3) is 0 Å². The molecular weight excluding hydrogens is 166 g/mol. The molecule has 2 rings (SSSR count). The number of amides is 1. The van der Waals surface area contributed by atoms with Crippen molar-refractivity contribution >= 4 is 5.91 Å². The largest absolute Gasteiger partial charge is 0.381 e. The Kier molecular flexibility index (Phi) is 2.83. The van der Waals surface area contributed by atoms with Crippen molar-refractivity contribution in [3.63, 3.8) is 0 Å². The second-order valence-electron chi connectivity index (χ2n) is 4.10. The highest BCUT2D eigenvalue weighted by Gasteiger charge is 2.24. The molecule has 1 heterocycles. The minimum atomic E-state index is 0.125. The molecule has 13 heavy (non-hydrogen) atoms. The van der Waals surface area contributed by atoms with E-state index in [4.69, 9.17) is 4.74 Å². The first-order chi connectivity index (χ1) is 6.36. The lowest BCUT2D eigenvalue weighted by molar-refractivity contribution is -0.125. The number of nitrogens with one attached hydrogen (secondary N) is 1. The van der Waals surface area contributed by atoms with E-state index in [-0.39, 0.29) is 11.8 Å². The molecule has 2 fully saturated rings. The Balaban J connectivity index is 1.65. The first-order valence-corrected chi connectivity index (χ1v) is 5.21. The highest BCUT2D eigenvalue weighted by Crippen LogP contribution is 2.25. The zero-order valence-electron chi connectivity index (χ0n) is 7.92. The summed E-state index contributed by atoms with van der Waals surface area (Å²) in [7, 11) is 0. The Labute approximate surface area is 78.8 Å². The Morgan fingerprint density at radius 2 is 2.23 bits per heavy atom. The van der Waals surface area contributed by atoms with Gasteiger partial charge in [0.2, 0.25) is 5.91 Å². The SMILES string of the molecule is O=C(NCC1CCC1)C1CCOC1. The molecule has 0 spiro atoms. The summed E-state index contributed by atoms with van der Waals surface area (Å²) in [4.78, 5) is 11.5. The Morgan fingerprint density at radius 1 is 1.38 bits per heavy atom. The summed E-state index contributed by atoms with van der Waals surface area (Å²) < 4.78 is 5.16. The zero-order valence-corrected chi connectivity index (χ0v) is 7.92. The van der Waals surface area contributed by atoms with Crippen LogP contribution in [0.3, 0.4) is 0 Å². The molecule has 1 saturated carbocycles. The third-order valence-electron chi connectivity index (χ3n) is 3.09. The van der Waals surface area contributed by atoms with Crippen LogP contribution in [0.15, 0.2) is 0 Å². The van der Waals surface area contributed by atoms with Gasteiger partial charge in [-0.25, -0.2) is 0 Å². The van der Waals surface area contributed by atoms with Crippen molar-refractivity contribution in [1.82, 2.24) is 5.32 Å². The predicted molar refractivity (Wildman–Crippen MR) is 49.3 cm³/mol. The van der Waals surface area contributed by atoms with Crippen LogP contribution < -0.4 is 5.32 Å². The molecule has 0 aromatic rings. The van der Waals surface area contributed by atoms with Crippen LogP contribution >= 0.6 is 0 Å². The van der Waals surface area contributed by atoms with Gasteiger partial charge in [-0.1, -0.05) is 6.42 Å². The summed E-state index contributed by atoms with van der Waals surface area (Å²) in [5, 5.41) is 3.01. The first kappa shape index (κ1) is 9.00. The molecule has 3 heteroatoms. The van der Waals surface area contributed by atoms with Gasteiger partial charge >= 0.3 is 0 Å². The average molecular weight is 183 g/mol. The average Bonchev–Trinajstić information content (AvgIpc) is 2.52. The van der Waals surface area contributed by atoms with Gasteiger partial charge in [-0.15, -0.1) is 0 Å². The molecule has 1 unspecified atom stereocenters. The molecule has 3 nitrogen and oxygen atoms in total. The summed E-state index contributed by atoms with van der Waals surface area (Å²) in [6.07, 6.45) is 4.83. The van der Waals surface area contributed by atoms with E-state index in [0.29, 0.717) is 6.61 Å². The maximum absolute atomic E-state index is 11.5. The molecule has 2 aliphatic rings. The molecule has 1 N–H and O–H groups in total. The maximum atomic E-state index is 11.5. The van der Waals surface area contributed by atoms with Gasteiger partial charge in [0.1, 0.15) is 0 Å². The maximum Gasteiger partial charge on any atom is 0.225 e. The molecule has 1 aliphatic carbocycles. The zero-order chi connectivity index (χ0) is 9.10. The van der Waals surface area contributed by atoms with E-state index in [2.05, 4.69) is 5.32 Å². The fourth-order valence-electron chi connectivity index (χ4n) is 1.83. The van der Waals surface area contributed by atoms with Crippen molar-refractivity contribution in [3.8, 4) is 0 Å². The Morgan fingerprint density at radius 3 is 2.77 bits per heavy atom. The molecule has 1 saturated heterocycles. The van der Waals surface area contributed by atoms with Crippen LogP contribution in [0, 0.1) is 11.8 Å². The van der Waals surface area contributed by atoms with Crippen LogP contribution in [0.25, 0.3) is 0 Å². The van der Waals surface area contributed by atoms with Crippen molar-refractivity contribution in [2.45, 2.75) is 25.7 Å². The van der Waals surface area contributed by atoms with Gasteiger partial charge < -0.3 is 10.1 Å². The fraction of sp³-hybridized carbons (Fsp3) is 0.900. The van der Waals surface area contributed by atoms with E-state index in [1.807, 2.05) is 0 Å². The van der Waals surface area contributed by atoms with Gasteiger partial charge in [-0.2, -0.15) is 0 Å². The van der Waals surface area contributed by atoms with Crippen molar-refractivity contribution in [2.75, 3.05) is 19.8 Å². The van der Waals surface area contributed by atoms with Gasteiger partial charge in [0.15, 0.2) is 0 Å². The van der Waals surface area contributed by atoms with Crippen molar-refractivity contribution in [3.05, 3.63) is 0 Å². The summed E-state index contributed by atoms with van der Waals surface area (Å²) in [5.41, 5.74) is 0. The Hall–Kier alpha value is -0.570. The molecule has 0 bridgehead atoms. The number of ether oxygens (including phenoxy) is 1. The smallest absolute Gasteiger partial charge is 0.225 e. The van der Waals surface area contributed by atoms with Crippen molar-refractivity contribution < 1.29 is 9.53 Å². The van der Waals surface area contributed by atoms with E-state index in [0.717, 1.165) is 25.5 Å². The van der Waals surface area contributed by atoms with Crippen molar-refractivity contribution in [1.29, 1.82) is 0 Å². The molecule has 1 amide bonds. The van der Waals surface area contributed by atoms with Gasteiger partial charge in [0.05, 0.1) is 12.5 Å². The molecule has 74 valence electrons. The number of carbonyl (C=O) groups excluding carboxylic acids is 1. The molecular formula is C10H17NO2. The molecule has 0 radical (unpaired) electrons. The number of rotatable bonds is 3. The van der Waals surface area contributed by atoms with Crippen LogP contribution in [-0.2, 0) is 9.53 Å². The van der Waals surface area contributed by atoms with Crippen LogP contribution in [0.1, 0.15) is 25.7 Å². The Bertz CT molecular complexity index is 183. The van der Waals surface area contributed by atoms with E-state index in [9.17, 15) is 4.79 Å². The lowest BCUT2D eigenvalue weighted by atomic mass is 9.85. The molecule has 0 aromatic carbocycles. The van der Waals surface area contributed by atoms with Crippen LogP contribution in [0.5, 0.6) is 0 Å². The van der Waals surface area contributed by atoms with E-state index in [1.165, 1.54) is 19.3 Å². The van der Waals surface area contributed by atoms with Crippen molar-refractivity contribution in [2.24, 2.45) is 11.8 Å². The lowest BCUT2D eigenvalue weighted by Gasteiger charge is -2.25. The van der Waals surface area contributed by atoms with Gasteiger partial charge in [0, 0.05) is 13.2 Å². The van der Waals surface area contributed by atoms with E-state index >= 15 is 0 Å². The number of hydrogen-bond acceptors (Lipinski definition) is 2. The summed E-state index contributed by atoms with van der Waals surface area (Å²) >= 11 is 0. The summed E-state index contributed by atoms with van der Waals surface area (Å²) in [6, 6.07) is 0.